The number of rotatable bonds is 4. The Hall–Kier alpha value is -0.330. The van der Waals surface area contributed by atoms with Gasteiger partial charge in [-0.25, -0.2) is 4.39 Å². The molecule has 7 heteroatoms. The van der Waals surface area contributed by atoms with E-state index in [2.05, 4.69) is 21.2 Å². The summed E-state index contributed by atoms with van der Waals surface area (Å²) in [5.41, 5.74) is 0.134. The zero-order valence-corrected chi connectivity index (χ0v) is 11.8. The van der Waals surface area contributed by atoms with Crippen LogP contribution in [-0.4, -0.2) is 13.2 Å². The average Bonchev–Trinajstić information content (AvgIpc) is 2.24. The van der Waals surface area contributed by atoms with Gasteiger partial charge in [0.2, 0.25) is 0 Å². The van der Waals surface area contributed by atoms with Crippen LogP contribution in [0.5, 0.6) is 0 Å². The summed E-state index contributed by atoms with van der Waals surface area (Å²) in [7, 11) is 1.48. The average molecular weight is 349 g/mol. The van der Waals surface area contributed by atoms with Crippen molar-refractivity contribution in [2.45, 2.75) is 25.1 Å². The third kappa shape index (κ3) is 4.40. The summed E-state index contributed by atoms with van der Waals surface area (Å²) in [6, 6.07) is 1.76. The van der Waals surface area contributed by atoms with Crippen LogP contribution in [0.2, 0.25) is 5.02 Å². The standard InChI is InChI=1S/C11H11BrClF4N/c1-18-10(2-3-11(15,16)17)6-4-8(13)7(12)5-9(6)14/h4-5,10,18H,2-3H2,1H3. The summed E-state index contributed by atoms with van der Waals surface area (Å²) in [6.45, 7) is 0. The molecule has 0 aromatic heterocycles. The molecule has 102 valence electrons. The van der Waals surface area contributed by atoms with Crippen molar-refractivity contribution in [1.82, 2.24) is 5.32 Å². The van der Waals surface area contributed by atoms with Gasteiger partial charge in [-0.3, -0.25) is 0 Å². The van der Waals surface area contributed by atoms with E-state index < -0.39 is 24.5 Å². The van der Waals surface area contributed by atoms with E-state index >= 15 is 0 Å². The second-order valence-corrected chi connectivity index (χ2v) is 5.04. The normalized spacial score (nSPS) is 13.7. The van der Waals surface area contributed by atoms with Crippen molar-refractivity contribution in [3.05, 3.63) is 33.0 Å². The fourth-order valence-corrected chi connectivity index (χ4v) is 2.06. The van der Waals surface area contributed by atoms with Crippen LogP contribution in [0.4, 0.5) is 17.6 Å². The van der Waals surface area contributed by atoms with Crippen molar-refractivity contribution in [3.8, 4) is 0 Å². The molecule has 0 amide bonds. The minimum atomic E-state index is -4.26. The molecular weight excluding hydrogens is 337 g/mol. The van der Waals surface area contributed by atoms with Crippen molar-refractivity contribution < 1.29 is 17.6 Å². The van der Waals surface area contributed by atoms with Gasteiger partial charge in [-0.15, -0.1) is 0 Å². The van der Waals surface area contributed by atoms with E-state index in [0.29, 0.717) is 4.47 Å². The highest BCUT2D eigenvalue weighted by Crippen LogP contribution is 2.32. The van der Waals surface area contributed by atoms with E-state index in [4.69, 9.17) is 11.6 Å². The van der Waals surface area contributed by atoms with E-state index in [9.17, 15) is 17.6 Å². The van der Waals surface area contributed by atoms with Gasteiger partial charge in [-0.2, -0.15) is 13.2 Å². The predicted octanol–water partition coefficient (Wildman–Crippen LogP) is 4.84. The molecule has 18 heavy (non-hydrogen) atoms. The van der Waals surface area contributed by atoms with Gasteiger partial charge in [0.25, 0.3) is 0 Å². The van der Waals surface area contributed by atoms with E-state index in [1.54, 1.807) is 0 Å². The van der Waals surface area contributed by atoms with Gasteiger partial charge in [-0.1, -0.05) is 11.6 Å². The van der Waals surface area contributed by atoms with Gasteiger partial charge in [0.05, 0.1) is 5.02 Å². The lowest BCUT2D eigenvalue weighted by Gasteiger charge is -2.19. The van der Waals surface area contributed by atoms with E-state index in [1.165, 1.54) is 13.1 Å². The molecule has 1 aromatic carbocycles. The second kappa shape index (κ2) is 6.21. The number of alkyl halides is 3. The molecule has 0 fully saturated rings. The quantitative estimate of drug-likeness (QED) is 0.606. The number of hydrogen-bond donors (Lipinski definition) is 1. The summed E-state index contributed by atoms with van der Waals surface area (Å²) in [4.78, 5) is 0. The first-order valence-electron chi connectivity index (χ1n) is 5.13. The summed E-state index contributed by atoms with van der Waals surface area (Å²) in [5, 5.41) is 2.93. The van der Waals surface area contributed by atoms with Gasteiger partial charge in [0, 0.05) is 22.5 Å². The Morgan fingerprint density at radius 2 is 2.00 bits per heavy atom. The lowest BCUT2D eigenvalue weighted by molar-refractivity contribution is -0.136. The lowest BCUT2D eigenvalue weighted by atomic mass is 10.0. The molecule has 0 heterocycles. The van der Waals surface area contributed by atoms with Crippen LogP contribution in [0.3, 0.4) is 0 Å². The van der Waals surface area contributed by atoms with Crippen molar-refractivity contribution >= 4 is 27.5 Å². The molecule has 1 rings (SSSR count). The first-order valence-corrected chi connectivity index (χ1v) is 6.30. The van der Waals surface area contributed by atoms with Gasteiger partial charge < -0.3 is 5.32 Å². The van der Waals surface area contributed by atoms with E-state index in [0.717, 1.165) is 6.07 Å². The number of benzene rings is 1. The molecule has 0 aliphatic heterocycles. The summed E-state index contributed by atoms with van der Waals surface area (Å²) in [5.74, 6) is -0.590. The van der Waals surface area contributed by atoms with Gasteiger partial charge >= 0.3 is 6.18 Å². The first-order chi connectivity index (χ1) is 8.24. The molecule has 0 radical (unpaired) electrons. The summed E-state index contributed by atoms with van der Waals surface area (Å²) < 4.78 is 50.5. The zero-order chi connectivity index (χ0) is 13.9. The minimum Gasteiger partial charge on any atom is -0.313 e. The van der Waals surface area contributed by atoms with Crippen LogP contribution in [0.1, 0.15) is 24.4 Å². The molecule has 1 N–H and O–H groups in total. The maximum Gasteiger partial charge on any atom is 0.389 e. The molecule has 0 saturated heterocycles. The van der Waals surface area contributed by atoms with Crippen molar-refractivity contribution in [3.63, 3.8) is 0 Å². The Balaban J connectivity index is 2.92. The van der Waals surface area contributed by atoms with Crippen LogP contribution in [0.25, 0.3) is 0 Å². The predicted molar refractivity (Wildman–Crippen MR) is 66.2 cm³/mol. The topological polar surface area (TPSA) is 12.0 Å². The van der Waals surface area contributed by atoms with Crippen molar-refractivity contribution in [2.24, 2.45) is 0 Å². The largest absolute Gasteiger partial charge is 0.389 e. The number of nitrogens with one attached hydrogen (secondary N) is 1. The van der Waals surface area contributed by atoms with E-state index in [1.807, 2.05) is 0 Å². The maximum absolute atomic E-state index is 13.7. The highest BCUT2D eigenvalue weighted by atomic mass is 79.9. The third-order valence-electron chi connectivity index (χ3n) is 2.48. The van der Waals surface area contributed by atoms with Crippen LogP contribution >= 0.6 is 27.5 Å². The second-order valence-electron chi connectivity index (χ2n) is 3.78. The molecule has 1 unspecified atom stereocenters. The highest BCUT2D eigenvalue weighted by molar-refractivity contribution is 9.10. The molecule has 1 nitrogen and oxygen atoms in total. The number of hydrogen-bond acceptors (Lipinski definition) is 1. The molecule has 0 saturated carbocycles. The Labute approximate surface area is 116 Å². The third-order valence-corrected chi connectivity index (χ3v) is 3.68. The Morgan fingerprint density at radius 3 is 2.50 bits per heavy atom. The number of halogens is 6. The molecule has 0 aliphatic carbocycles. The van der Waals surface area contributed by atoms with Gasteiger partial charge in [0.15, 0.2) is 0 Å². The molecule has 0 spiro atoms. The summed E-state index contributed by atoms with van der Waals surface area (Å²) >= 11 is 8.86. The molecular formula is C11H11BrClF4N. The Kier molecular flexibility index (Phi) is 5.43. The van der Waals surface area contributed by atoms with Gasteiger partial charge in [0.1, 0.15) is 5.82 Å². The monoisotopic (exact) mass is 347 g/mol. The summed E-state index contributed by atoms with van der Waals surface area (Å²) in [6.07, 6.45) is -5.48. The zero-order valence-electron chi connectivity index (χ0n) is 9.41. The maximum atomic E-state index is 13.7. The molecule has 0 aliphatic rings. The smallest absolute Gasteiger partial charge is 0.313 e. The molecule has 1 atom stereocenters. The minimum absolute atomic E-state index is 0.134. The lowest BCUT2D eigenvalue weighted by Crippen LogP contribution is -2.20. The van der Waals surface area contributed by atoms with Crippen LogP contribution in [-0.2, 0) is 0 Å². The highest BCUT2D eigenvalue weighted by Gasteiger charge is 2.29. The van der Waals surface area contributed by atoms with Crippen LogP contribution in [0, 0.1) is 5.82 Å². The Bertz CT molecular complexity index is 422. The fraction of sp³-hybridized carbons (Fsp3) is 0.455. The van der Waals surface area contributed by atoms with Crippen LogP contribution < -0.4 is 5.32 Å². The van der Waals surface area contributed by atoms with E-state index in [-0.39, 0.29) is 17.0 Å². The first kappa shape index (κ1) is 15.7. The molecule has 1 aromatic rings. The van der Waals surface area contributed by atoms with Crippen molar-refractivity contribution in [2.75, 3.05) is 7.05 Å². The van der Waals surface area contributed by atoms with Gasteiger partial charge in [-0.05, 0) is 41.5 Å². The molecule has 0 bridgehead atoms. The SMILES string of the molecule is CNC(CCC(F)(F)F)c1cc(Cl)c(Br)cc1F. The Morgan fingerprint density at radius 1 is 1.39 bits per heavy atom. The van der Waals surface area contributed by atoms with Crippen LogP contribution in [0.15, 0.2) is 16.6 Å². The van der Waals surface area contributed by atoms with Crippen molar-refractivity contribution in [1.29, 1.82) is 0 Å². The fourth-order valence-electron chi connectivity index (χ4n) is 1.57.